The maximum atomic E-state index is 12.5. The second-order valence-corrected chi connectivity index (χ2v) is 7.11. The molecule has 6 heteroatoms. The standard InChI is InChI=1S/C19H28N2O3.ClH/c1-14-5-6-15(17(11-14)24-16-7-10-23-13-16)12-21-18(22)19(20)8-3-2-4-9-19;/h5-6,11,16H,2-4,7-10,12-13,20H2,1H3,(H,21,22);1H. The lowest BCUT2D eigenvalue weighted by atomic mass is 9.82. The molecular formula is C19H29ClN2O3. The van der Waals surface area contributed by atoms with Crippen molar-refractivity contribution in [3.8, 4) is 5.75 Å². The number of amides is 1. The SMILES string of the molecule is Cc1ccc(CNC(=O)C2(N)CCCCC2)c(OC2CCOC2)c1.Cl. The molecule has 1 heterocycles. The molecule has 1 aliphatic heterocycles. The highest BCUT2D eigenvalue weighted by molar-refractivity contribution is 5.86. The Morgan fingerprint density at radius 2 is 2.12 bits per heavy atom. The lowest BCUT2D eigenvalue weighted by Crippen LogP contribution is -2.54. The summed E-state index contributed by atoms with van der Waals surface area (Å²) in [7, 11) is 0. The summed E-state index contributed by atoms with van der Waals surface area (Å²) in [6.07, 6.45) is 5.79. The Bertz CT molecular complexity index is 582. The largest absolute Gasteiger partial charge is 0.488 e. The zero-order chi connectivity index (χ0) is 17.0. The van der Waals surface area contributed by atoms with E-state index in [1.165, 1.54) is 6.42 Å². The van der Waals surface area contributed by atoms with Crippen LogP contribution in [0.4, 0.5) is 0 Å². The Morgan fingerprint density at radius 1 is 1.36 bits per heavy atom. The number of hydrogen-bond donors (Lipinski definition) is 2. The van der Waals surface area contributed by atoms with Gasteiger partial charge in [0.1, 0.15) is 11.9 Å². The summed E-state index contributed by atoms with van der Waals surface area (Å²) in [5.74, 6) is 0.790. The van der Waals surface area contributed by atoms with Crippen LogP contribution in [0.3, 0.4) is 0 Å². The van der Waals surface area contributed by atoms with Crippen molar-refractivity contribution < 1.29 is 14.3 Å². The number of aryl methyl sites for hydroxylation is 1. The summed E-state index contributed by atoms with van der Waals surface area (Å²) in [6, 6.07) is 6.09. The van der Waals surface area contributed by atoms with Crippen LogP contribution in [-0.2, 0) is 16.1 Å². The van der Waals surface area contributed by atoms with Gasteiger partial charge in [-0.2, -0.15) is 0 Å². The van der Waals surface area contributed by atoms with E-state index >= 15 is 0 Å². The average Bonchev–Trinajstić information content (AvgIpc) is 3.07. The first kappa shape index (κ1) is 20.0. The zero-order valence-corrected chi connectivity index (χ0v) is 15.7. The van der Waals surface area contributed by atoms with E-state index in [-0.39, 0.29) is 24.4 Å². The van der Waals surface area contributed by atoms with E-state index in [0.29, 0.717) is 13.2 Å². The van der Waals surface area contributed by atoms with Crippen LogP contribution in [0.5, 0.6) is 5.75 Å². The minimum atomic E-state index is -0.705. The first-order chi connectivity index (χ1) is 11.6. The Hall–Kier alpha value is -1.30. The number of benzene rings is 1. The molecule has 2 aliphatic rings. The van der Waals surface area contributed by atoms with E-state index < -0.39 is 5.54 Å². The molecule has 1 aromatic carbocycles. The van der Waals surface area contributed by atoms with Crippen molar-refractivity contribution in [3.05, 3.63) is 29.3 Å². The van der Waals surface area contributed by atoms with Gasteiger partial charge in [-0.25, -0.2) is 0 Å². The molecular weight excluding hydrogens is 340 g/mol. The van der Waals surface area contributed by atoms with Gasteiger partial charge in [0.15, 0.2) is 0 Å². The molecule has 0 bridgehead atoms. The van der Waals surface area contributed by atoms with Gasteiger partial charge in [0.2, 0.25) is 5.91 Å². The van der Waals surface area contributed by atoms with Crippen LogP contribution in [0.15, 0.2) is 18.2 Å². The van der Waals surface area contributed by atoms with Crippen molar-refractivity contribution in [2.75, 3.05) is 13.2 Å². The summed E-state index contributed by atoms with van der Waals surface area (Å²) in [6.45, 7) is 3.86. The third kappa shape index (κ3) is 5.09. The van der Waals surface area contributed by atoms with Crippen molar-refractivity contribution in [1.29, 1.82) is 0 Å². The van der Waals surface area contributed by atoms with Gasteiger partial charge in [-0.3, -0.25) is 4.79 Å². The molecule has 140 valence electrons. The first-order valence-corrected chi connectivity index (χ1v) is 8.98. The fourth-order valence-corrected chi connectivity index (χ4v) is 3.46. The van der Waals surface area contributed by atoms with Gasteiger partial charge in [0, 0.05) is 18.5 Å². The Labute approximate surface area is 156 Å². The molecule has 1 unspecified atom stereocenters. The van der Waals surface area contributed by atoms with Crippen molar-refractivity contribution in [3.63, 3.8) is 0 Å². The second kappa shape index (κ2) is 8.88. The lowest BCUT2D eigenvalue weighted by molar-refractivity contribution is -0.127. The topological polar surface area (TPSA) is 73.6 Å². The molecule has 1 aliphatic carbocycles. The number of halogens is 1. The predicted octanol–water partition coefficient (Wildman–Crippen LogP) is 2.86. The van der Waals surface area contributed by atoms with Crippen molar-refractivity contribution in [1.82, 2.24) is 5.32 Å². The Morgan fingerprint density at radius 3 is 2.80 bits per heavy atom. The van der Waals surface area contributed by atoms with Gasteiger partial charge in [-0.15, -0.1) is 12.4 Å². The number of ether oxygens (including phenoxy) is 2. The summed E-state index contributed by atoms with van der Waals surface area (Å²) in [5.41, 5.74) is 7.72. The van der Waals surface area contributed by atoms with E-state index in [1.54, 1.807) is 0 Å². The predicted molar refractivity (Wildman–Crippen MR) is 100 cm³/mol. The average molecular weight is 369 g/mol. The molecule has 25 heavy (non-hydrogen) atoms. The van der Waals surface area contributed by atoms with E-state index in [2.05, 4.69) is 5.32 Å². The van der Waals surface area contributed by atoms with Crippen LogP contribution in [0.1, 0.15) is 49.7 Å². The van der Waals surface area contributed by atoms with Crippen LogP contribution < -0.4 is 15.8 Å². The molecule has 1 amide bonds. The normalized spacial score (nSPS) is 22.1. The third-order valence-corrected chi connectivity index (χ3v) is 5.04. The molecule has 1 saturated carbocycles. The van der Waals surface area contributed by atoms with E-state index in [0.717, 1.165) is 55.6 Å². The van der Waals surface area contributed by atoms with Crippen molar-refractivity contribution in [2.45, 2.75) is 63.6 Å². The summed E-state index contributed by atoms with van der Waals surface area (Å²) in [5, 5.41) is 3.02. The highest BCUT2D eigenvalue weighted by Crippen LogP contribution is 2.27. The molecule has 1 aromatic rings. The van der Waals surface area contributed by atoms with Crippen molar-refractivity contribution >= 4 is 18.3 Å². The lowest BCUT2D eigenvalue weighted by Gasteiger charge is -2.32. The molecule has 3 rings (SSSR count). The minimum Gasteiger partial charge on any atom is -0.488 e. The molecule has 1 saturated heterocycles. The van der Waals surface area contributed by atoms with Crippen LogP contribution in [0, 0.1) is 6.92 Å². The molecule has 1 atom stereocenters. The minimum absolute atomic E-state index is 0. The van der Waals surface area contributed by atoms with E-state index in [4.69, 9.17) is 15.2 Å². The zero-order valence-electron chi connectivity index (χ0n) is 14.9. The molecule has 0 spiro atoms. The fraction of sp³-hybridized carbons (Fsp3) is 0.632. The molecule has 2 fully saturated rings. The summed E-state index contributed by atoms with van der Waals surface area (Å²) < 4.78 is 11.5. The smallest absolute Gasteiger partial charge is 0.240 e. The van der Waals surface area contributed by atoms with Crippen LogP contribution >= 0.6 is 12.4 Å². The van der Waals surface area contributed by atoms with Gasteiger partial charge in [-0.1, -0.05) is 31.4 Å². The Balaban J connectivity index is 0.00000225. The number of nitrogens with one attached hydrogen (secondary N) is 1. The Kier molecular flexibility index (Phi) is 7.11. The van der Waals surface area contributed by atoms with Crippen LogP contribution in [-0.4, -0.2) is 30.8 Å². The van der Waals surface area contributed by atoms with Gasteiger partial charge in [-0.05, 0) is 31.4 Å². The number of rotatable bonds is 5. The molecule has 3 N–H and O–H groups in total. The summed E-state index contributed by atoms with van der Waals surface area (Å²) in [4.78, 5) is 12.5. The maximum Gasteiger partial charge on any atom is 0.240 e. The number of nitrogens with two attached hydrogens (primary N) is 1. The highest BCUT2D eigenvalue weighted by Gasteiger charge is 2.35. The van der Waals surface area contributed by atoms with Gasteiger partial charge in [0.05, 0.1) is 18.8 Å². The van der Waals surface area contributed by atoms with Gasteiger partial charge < -0.3 is 20.5 Å². The highest BCUT2D eigenvalue weighted by atomic mass is 35.5. The number of hydrogen-bond acceptors (Lipinski definition) is 4. The molecule has 0 aromatic heterocycles. The van der Waals surface area contributed by atoms with Gasteiger partial charge in [0.25, 0.3) is 0 Å². The monoisotopic (exact) mass is 368 g/mol. The third-order valence-electron chi connectivity index (χ3n) is 5.04. The van der Waals surface area contributed by atoms with Gasteiger partial charge >= 0.3 is 0 Å². The second-order valence-electron chi connectivity index (χ2n) is 7.11. The van der Waals surface area contributed by atoms with Crippen LogP contribution in [0.25, 0.3) is 0 Å². The van der Waals surface area contributed by atoms with E-state index in [9.17, 15) is 4.79 Å². The molecule has 5 nitrogen and oxygen atoms in total. The molecule has 0 radical (unpaired) electrons. The van der Waals surface area contributed by atoms with E-state index in [1.807, 2.05) is 25.1 Å². The maximum absolute atomic E-state index is 12.5. The number of carbonyl (C=O) groups is 1. The van der Waals surface area contributed by atoms with Crippen LogP contribution in [0.2, 0.25) is 0 Å². The first-order valence-electron chi connectivity index (χ1n) is 8.98. The number of carbonyl (C=O) groups excluding carboxylic acids is 1. The quantitative estimate of drug-likeness (QED) is 0.838. The summed E-state index contributed by atoms with van der Waals surface area (Å²) >= 11 is 0. The van der Waals surface area contributed by atoms with Crippen molar-refractivity contribution in [2.24, 2.45) is 5.73 Å². The fourth-order valence-electron chi connectivity index (χ4n) is 3.46.